The molecule has 0 bridgehead atoms. The molecular formula is C52H36BN5. The molecule has 5 nitrogen and oxygen atoms in total. The summed E-state index contributed by atoms with van der Waals surface area (Å²) in [4.78, 5) is 7.80. The molecule has 0 spiro atoms. The summed E-state index contributed by atoms with van der Waals surface area (Å²) in [5, 5.41) is 2.55. The average Bonchev–Trinajstić information content (AvgIpc) is 3.91. The van der Waals surface area contributed by atoms with Crippen LogP contribution in [0, 0.1) is 0 Å². The summed E-state index contributed by atoms with van der Waals surface area (Å²) < 4.78 is 7.16. The Morgan fingerprint density at radius 3 is 1.86 bits per heavy atom. The number of fused-ring (bicyclic) bond motifs is 12. The molecule has 0 fully saturated rings. The van der Waals surface area contributed by atoms with Crippen molar-refractivity contribution >= 4 is 89.8 Å². The lowest BCUT2D eigenvalue weighted by Crippen LogP contribution is -2.64. The van der Waals surface area contributed by atoms with E-state index < -0.39 is 0 Å². The highest BCUT2D eigenvalue weighted by Crippen LogP contribution is 2.45. The van der Waals surface area contributed by atoms with Crippen molar-refractivity contribution in [2.45, 2.75) is 19.3 Å². The number of para-hydroxylation sites is 6. The van der Waals surface area contributed by atoms with Crippen LogP contribution in [0.2, 0.25) is 0 Å². The van der Waals surface area contributed by atoms with Crippen LogP contribution in [0.25, 0.3) is 61.0 Å². The molecule has 2 aliphatic heterocycles. The molecule has 0 N–H and O–H groups in total. The molecule has 0 unspecified atom stereocenters. The molecule has 0 radical (unpaired) electrons. The van der Waals surface area contributed by atoms with Gasteiger partial charge in [0.25, 0.3) is 0 Å². The van der Waals surface area contributed by atoms with Gasteiger partial charge in [0.2, 0.25) is 12.5 Å². The van der Waals surface area contributed by atoms with Crippen LogP contribution in [0.3, 0.4) is 0 Å². The van der Waals surface area contributed by atoms with Crippen LogP contribution in [0.5, 0.6) is 0 Å². The quantitative estimate of drug-likeness (QED) is 0.169. The largest absolute Gasteiger partial charge is 0.311 e. The number of nitrogens with zero attached hydrogens (tertiary/aromatic N) is 5. The van der Waals surface area contributed by atoms with Crippen LogP contribution in [-0.2, 0) is 5.41 Å². The molecule has 58 heavy (non-hydrogen) atoms. The minimum absolute atomic E-state index is 0.00161. The average molecular weight is 742 g/mol. The summed E-state index contributed by atoms with van der Waals surface area (Å²) in [5.74, 6) is 0.912. The van der Waals surface area contributed by atoms with Gasteiger partial charge < -0.3 is 9.47 Å². The van der Waals surface area contributed by atoms with Gasteiger partial charge in [-0.25, -0.2) is 4.98 Å². The maximum absolute atomic E-state index is 5.29. The van der Waals surface area contributed by atoms with Crippen molar-refractivity contribution in [1.29, 1.82) is 0 Å². The Bertz CT molecular complexity index is 3490. The first-order chi connectivity index (χ1) is 28.6. The summed E-state index contributed by atoms with van der Waals surface area (Å²) in [7, 11) is 0. The SMILES string of the molecule is CC1(C)c2cc3c(cc2B2c4cc5c(cc4N(c4ccccc4)c4cccc1c42)n(-c1ccccc1)c1nc2ccccc2n51)c1ccccc1n3-c1ccccc1. The fourth-order valence-corrected chi connectivity index (χ4v) is 10.6. The number of benzene rings is 8. The molecule has 272 valence electrons. The van der Waals surface area contributed by atoms with Gasteiger partial charge in [-0.2, -0.15) is 0 Å². The maximum Gasteiger partial charge on any atom is 0.247 e. The molecule has 13 rings (SSSR count). The monoisotopic (exact) mass is 741 g/mol. The third kappa shape index (κ3) is 4.08. The van der Waals surface area contributed by atoms with E-state index in [1.807, 2.05) is 0 Å². The second kappa shape index (κ2) is 11.4. The van der Waals surface area contributed by atoms with E-state index in [-0.39, 0.29) is 12.1 Å². The molecule has 5 heterocycles. The normalized spacial score (nSPS) is 14.1. The van der Waals surface area contributed by atoms with Gasteiger partial charge in [-0.1, -0.05) is 122 Å². The van der Waals surface area contributed by atoms with Crippen LogP contribution >= 0.6 is 0 Å². The van der Waals surface area contributed by atoms with Gasteiger partial charge >= 0.3 is 0 Å². The van der Waals surface area contributed by atoms with Gasteiger partial charge in [0, 0.05) is 44.6 Å². The Balaban J connectivity index is 1.19. The van der Waals surface area contributed by atoms with Crippen molar-refractivity contribution in [3.05, 3.63) is 193 Å². The van der Waals surface area contributed by atoms with Crippen molar-refractivity contribution in [3.8, 4) is 11.4 Å². The molecule has 0 saturated carbocycles. The number of anilines is 3. The lowest BCUT2D eigenvalue weighted by molar-refractivity contribution is 0.646. The van der Waals surface area contributed by atoms with Crippen LogP contribution in [0.4, 0.5) is 17.1 Å². The number of imidazole rings is 2. The van der Waals surface area contributed by atoms with Crippen LogP contribution < -0.4 is 21.3 Å². The topological polar surface area (TPSA) is 30.4 Å². The molecule has 11 aromatic rings. The van der Waals surface area contributed by atoms with Crippen molar-refractivity contribution in [3.63, 3.8) is 0 Å². The van der Waals surface area contributed by atoms with Gasteiger partial charge in [0.1, 0.15) is 0 Å². The third-order valence-electron chi connectivity index (χ3n) is 13.1. The molecule has 0 amide bonds. The lowest BCUT2D eigenvalue weighted by atomic mass is 9.30. The highest BCUT2D eigenvalue weighted by molar-refractivity contribution is 6.99. The van der Waals surface area contributed by atoms with E-state index >= 15 is 0 Å². The minimum Gasteiger partial charge on any atom is -0.311 e. The molecule has 0 aliphatic carbocycles. The second-order valence-electron chi connectivity index (χ2n) is 16.4. The van der Waals surface area contributed by atoms with E-state index in [4.69, 9.17) is 4.98 Å². The second-order valence-corrected chi connectivity index (χ2v) is 16.4. The first-order valence-corrected chi connectivity index (χ1v) is 20.2. The Hall–Kier alpha value is -7.31. The Labute approximate surface area is 335 Å². The summed E-state index contributed by atoms with van der Waals surface area (Å²) >= 11 is 0. The maximum atomic E-state index is 5.29. The van der Waals surface area contributed by atoms with Crippen molar-refractivity contribution in [2.75, 3.05) is 4.90 Å². The highest BCUT2D eigenvalue weighted by Gasteiger charge is 2.46. The van der Waals surface area contributed by atoms with Crippen LogP contribution in [-0.4, -0.2) is 25.2 Å². The fourth-order valence-electron chi connectivity index (χ4n) is 10.6. The standard InChI is InChI=1S/C52H36BN5/c1-52(2)38-24-16-28-45-50(38)53(40-29-37-36-23-12-14-26-43(36)55(46(37)30-39(40)52)33-17-6-3-7-18-33)41-31-48-49(32-47(41)56(45)34-19-8-4-9-20-34)57(35-21-10-5-11-22-35)51-54-42-25-13-15-27-44(42)58(48)51/h3-32H,1-2H3. The van der Waals surface area contributed by atoms with Gasteiger partial charge in [-0.05, 0) is 101 Å². The van der Waals surface area contributed by atoms with E-state index in [2.05, 4.69) is 214 Å². The number of rotatable bonds is 3. The zero-order valence-corrected chi connectivity index (χ0v) is 32.1. The Kier molecular flexibility index (Phi) is 6.26. The van der Waals surface area contributed by atoms with Gasteiger partial charge in [0.15, 0.2) is 0 Å². The number of hydrogen-bond donors (Lipinski definition) is 0. The van der Waals surface area contributed by atoms with Crippen molar-refractivity contribution < 1.29 is 0 Å². The van der Waals surface area contributed by atoms with E-state index in [0.29, 0.717) is 0 Å². The molecule has 0 atom stereocenters. The summed E-state index contributed by atoms with van der Waals surface area (Å²) in [6, 6.07) is 66.8. The zero-order valence-electron chi connectivity index (χ0n) is 32.1. The van der Waals surface area contributed by atoms with Crippen molar-refractivity contribution in [2.24, 2.45) is 0 Å². The fraction of sp³-hybridized carbons (Fsp3) is 0.0577. The first-order valence-electron chi connectivity index (χ1n) is 20.2. The van der Waals surface area contributed by atoms with E-state index in [1.54, 1.807) is 0 Å². The number of hydrogen-bond acceptors (Lipinski definition) is 2. The predicted molar refractivity (Wildman–Crippen MR) is 242 cm³/mol. The molecular weight excluding hydrogens is 705 g/mol. The Morgan fingerprint density at radius 2 is 1.10 bits per heavy atom. The van der Waals surface area contributed by atoms with Gasteiger partial charge in [-0.15, -0.1) is 0 Å². The molecule has 8 aromatic carbocycles. The zero-order chi connectivity index (χ0) is 38.3. The third-order valence-corrected chi connectivity index (χ3v) is 13.1. The minimum atomic E-state index is -0.266. The predicted octanol–water partition coefficient (Wildman–Crippen LogP) is 10.5. The van der Waals surface area contributed by atoms with E-state index in [0.717, 1.165) is 39.2 Å². The summed E-state index contributed by atoms with van der Waals surface area (Å²) in [6.45, 7) is 4.85. The first kappa shape index (κ1) is 31.9. The summed E-state index contributed by atoms with van der Waals surface area (Å²) in [6.07, 6.45) is 0. The molecule has 0 saturated heterocycles. The smallest absolute Gasteiger partial charge is 0.247 e. The van der Waals surface area contributed by atoms with E-state index in [1.165, 1.54) is 66.4 Å². The van der Waals surface area contributed by atoms with Gasteiger partial charge in [-0.3, -0.25) is 8.97 Å². The van der Waals surface area contributed by atoms with Crippen molar-refractivity contribution in [1.82, 2.24) is 18.5 Å². The highest BCUT2D eigenvalue weighted by atomic mass is 15.2. The molecule has 2 aliphatic rings. The van der Waals surface area contributed by atoms with E-state index in [9.17, 15) is 0 Å². The number of aromatic nitrogens is 4. The Morgan fingerprint density at radius 1 is 0.448 bits per heavy atom. The molecule has 6 heteroatoms. The van der Waals surface area contributed by atoms with Gasteiger partial charge in [0.05, 0.1) is 33.1 Å². The summed E-state index contributed by atoms with van der Waals surface area (Å²) in [5.41, 5.74) is 19.2. The lowest BCUT2D eigenvalue weighted by Gasteiger charge is -2.45. The van der Waals surface area contributed by atoms with Crippen LogP contribution in [0.15, 0.2) is 182 Å². The molecule has 3 aromatic heterocycles. The van der Waals surface area contributed by atoms with Crippen LogP contribution in [0.1, 0.15) is 25.0 Å².